The molecule has 72 valence electrons. The van der Waals surface area contributed by atoms with Crippen LogP contribution in [0.15, 0.2) is 16.6 Å². The van der Waals surface area contributed by atoms with E-state index in [1.165, 1.54) is 13.2 Å². The summed E-state index contributed by atoms with van der Waals surface area (Å²) in [6, 6.07) is 3.16. The smallest absolute Gasteiger partial charge is 0.161 e. The first-order valence-corrected chi connectivity index (χ1v) is 4.40. The summed E-state index contributed by atoms with van der Waals surface area (Å²) in [4.78, 5) is 0. The number of halogens is 1. The summed E-state index contributed by atoms with van der Waals surface area (Å²) in [5.41, 5.74) is 2.76. The Morgan fingerprint density at radius 3 is 2.77 bits per heavy atom. The number of phenols is 1. The van der Waals surface area contributed by atoms with Crippen LogP contribution in [0.4, 0.5) is 0 Å². The minimum Gasteiger partial charge on any atom is -0.504 e. The largest absolute Gasteiger partial charge is 0.504 e. The zero-order chi connectivity index (χ0) is 9.84. The molecule has 0 unspecified atom stereocenters. The van der Waals surface area contributed by atoms with Crippen LogP contribution in [0, 0.1) is 0 Å². The molecule has 4 nitrogen and oxygen atoms in total. The molecule has 0 aromatic heterocycles. The van der Waals surface area contributed by atoms with Gasteiger partial charge >= 0.3 is 0 Å². The van der Waals surface area contributed by atoms with E-state index in [1.54, 1.807) is 6.07 Å². The third-order valence-electron chi connectivity index (χ3n) is 1.62. The lowest BCUT2D eigenvalue weighted by molar-refractivity contribution is 0.161. The van der Waals surface area contributed by atoms with E-state index >= 15 is 0 Å². The van der Waals surface area contributed by atoms with Gasteiger partial charge < -0.3 is 15.1 Å². The Balaban J connectivity index is 3.05. The summed E-state index contributed by atoms with van der Waals surface area (Å²) in [7, 11) is 1.48. The molecule has 5 heteroatoms. The monoisotopic (exact) mass is 247 g/mol. The fraction of sp³-hybridized carbons (Fsp3) is 0.250. The van der Waals surface area contributed by atoms with Crippen LogP contribution in [0.5, 0.6) is 11.5 Å². The molecule has 0 aliphatic rings. The molecule has 0 saturated heterocycles. The molecule has 0 aliphatic carbocycles. The molecule has 1 rings (SSSR count). The normalized spacial score (nSPS) is 10.1. The number of aromatic hydroxyl groups is 1. The molecule has 0 saturated carbocycles. The number of hydroxylamine groups is 1. The molecule has 0 heterocycles. The van der Waals surface area contributed by atoms with E-state index in [0.29, 0.717) is 5.75 Å². The van der Waals surface area contributed by atoms with Gasteiger partial charge in [0.1, 0.15) is 0 Å². The van der Waals surface area contributed by atoms with E-state index in [2.05, 4.69) is 15.9 Å². The number of methoxy groups -OCH3 is 1. The van der Waals surface area contributed by atoms with Gasteiger partial charge in [-0.3, -0.25) is 0 Å². The van der Waals surface area contributed by atoms with E-state index in [9.17, 15) is 5.11 Å². The Labute approximate surface area is 84.2 Å². The minimum absolute atomic E-state index is 0.0518. The molecular weight excluding hydrogens is 238 g/mol. The van der Waals surface area contributed by atoms with Crippen LogP contribution in [0.1, 0.15) is 5.56 Å². The van der Waals surface area contributed by atoms with Crippen LogP contribution < -0.4 is 10.2 Å². The number of ether oxygens (including phenoxy) is 1. The van der Waals surface area contributed by atoms with Gasteiger partial charge in [-0.05, 0) is 17.7 Å². The molecule has 0 fully saturated rings. The van der Waals surface area contributed by atoms with E-state index in [4.69, 9.17) is 9.94 Å². The highest BCUT2D eigenvalue weighted by Crippen LogP contribution is 2.32. The maximum Gasteiger partial charge on any atom is 0.161 e. The predicted octanol–water partition coefficient (Wildman–Crippen LogP) is 1.64. The highest BCUT2D eigenvalue weighted by molar-refractivity contribution is 9.10. The van der Waals surface area contributed by atoms with E-state index < -0.39 is 0 Å². The Hall–Kier alpha value is -0.780. The van der Waals surface area contributed by atoms with Gasteiger partial charge in [0, 0.05) is 11.0 Å². The number of hydrogen-bond donors (Lipinski definition) is 3. The van der Waals surface area contributed by atoms with Crippen molar-refractivity contribution in [2.75, 3.05) is 7.11 Å². The molecule has 13 heavy (non-hydrogen) atoms. The Morgan fingerprint density at radius 2 is 2.23 bits per heavy atom. The number of benzene rings is 1. The first-order chi connectivity index (χ1) is 6.19. The van der Waals surface area contributed by atoms with Crippen molar-refractivity contribution in [2.45, 2.75) is 6.54 Å². The SMILES string of the molecule is COc1cc(Br)c(CNO)cc1O. The summed E-state index contributed by atoms with van der Waals surface area (Å²) in [6.45, 7) is 0.262. The van der Waals surface area contributed by atoms with Gasteiger partial charge in [-0.25, -0.2) is 5.48 Å². The maximum atomic E-state index is 9.39. The molecule has 1 aromatic carbocycles. The lowest BCUT2D eigenvalue weighted by Crippen LogP contribution is -2.06. The second-order valence-electron chi connectivity index (χ2n) is 2.45. The second-order valence-corrected chi connectivity index (χ2v) is 3.30. The summed E-state index contributed by atoms with van der Waals surface area (Å²) < 4.78 is 5.66. The Bertz CT molecular complexity index is 304. The van der Waals surface area contributed by atoms with E-state index in [-0.39, 0.29) is 12.3 Å². The summed E-state index contributed by atoms with van der Waals surface area (Å²) in [5.74, 6) is 0.449. The average Bonchev–Trinajstić information content (AvgIpc) is 2.11. The summed E-state index contributed by atoms with van der Waals surface area (Å²) in [5, 5.41) is 17.9. The van der Waals surface area contributed by atoms with Crippen molar-refractivity contribution in [1.82, 2.24) is 5.48 Å². The van der Waals surface area contributed by atoms with Crippen LogP contribution in [0.3, 0.4) is 0 Å². The van der Waals surface area contributed by atoms with Crippen LogP contribution >= 0.6 is 15.9 Å². The molecule has 0 atom stereocenters. The molecule has 3 N–H and O–H groups in total. The van der Waals surface area contributed by atoms with E-state index in [1.807, 2.05) is 5.48 Å². The Morgan fingerprint density at radius 1 is 1.54 bits per heavy atom. The van der Waals surface area contributed by atoms with Crippen molar-refractivity contribution >= 4 is 15.9 Å². The summed E-state index contributed by atoms with van der Waals surface area (Å²) >= 11 is 3.28. The van der Waals surface area contributed by atoms with Gasteiger partial charge in [0.2, 0.25) is 0 Å². The lowest BCUT2D eigenvalue weighted by atomic mass is 10.2. The maximum absolute atomic E-state index is 9.39. The van der Waals surface area contributed by atoms with Gasteiger partial charge in [0.15, 0.2) is 11.5 Å². The fourth-order valence-corrected chi connectivity index (χ4v) is 1.43. The predicted molar refractivity (Wildman–Crippen MR) is 51.0 cm³/mol. The van der Waals surface area contributed by atoms with Gasteiger partial charge in [-0.1, -0.05) is 15.9 Å². The van der Waals surface area contributed by atoms with Crippen molar-refractivity contribution < 1.29 is 15.1 Å². The van der Waals surface area contributed by atoms with Crippen molar-refractivity contribution in [3.63, 3.8) is 0 Å². The van der Waals surface area contributed by atoms with Gasteiger partial charge in [-0.2, -0.15) is 0 Å². The van der Waals surface area contributed by atoms with Crippen molar-refractivity contribution in [1.29, 1.82) is 0 Å². The Kier molecular flexibility index (Phi) is 3.53. The molecule has 0 spiro atoms. The van der Waals surface area contributed by atoms with Crippen LogP contribution in [0.2, 0.25) is 0 Å². The molecule has 0 aliphatic heterocycles. The zero-order valence-corrected chi connectivity index (χ0v) is 8.63. The highest BCUT2D eigenvalue weighted by atomic mass is 79.9. The third kappa shape index (κ3) is 2.33. The number of nitrogens with one attached hydrogen (secondary N) is 1. The fourth-order valence-electron chi connectivity index (χ4n) is 0.971. The third-order valence-corrected chi connectivity index (χ3v) is 2.36. The molecule has 0 bridgehead atoms. The van der Waals surface area contributed by atoms with E-state index in [0.717, 1.165) is 10.0 Å². The van der Waals surface area contributed by atoms with Gasteiger partial charge in [0.25, 0.3) is 0 Å². The highest BCUT2D eigenvalue weighted by Gasteiger charge is 2.06. The van der Waals surface area contributed by atoms with Gasteiger partial charge in [0.05, 0.1) is 7.11 Å². The first kappa shape index (κ1) is 10.3. The second kappa shape index (κ2) is 4.45. The lowest BCUT2D eigenvalue weighted by Gasteiger charge is -2.07. The standard InChI is InChI=1S/C8H10BrNO3/c1-13-8-3-6(9)5(4-10-12)2-7(8)11/h2-3,10-12H,4H2,1H3. The molecule has 0 radical (unpaired) electrons. The van der Waals surface area contributed by atoms with Crippen molar-refractivity contribution in [2.24, 2.45) is 0 Å². The van der Waals surface area contributed by atoms with Crippen LogP contribution in [-0.2, 0) is 6.54 Å². The number of hydrogen-bond acceptors (Lipinski definition) is 4. The number of phenolic OH excluding ortho intramolecular Hbond substituents is 1. The first-order valence-electron chi connectivity index (χ1n) is 3.61. The zero-order valence-electron chi connectivity index (χ0n) is 7.04. The van der Waals surface area contributed by atoms with Gasteiger partial charge in [-0.15, -0.1) is 0 Å². The molecule has 1 aromatic rings. The average molecular weight is 248 g/mol. The number of rotatable bonds is 3. The van der Waals surface area contributed by atoms with Crippen molar-refractivity contribution in [3.8, 4) is 11.5 Å². The van der Waals surface area contributed by atoms with Crippen LogP contribution in [-0.4, -0.2) is 17.4 Å². The molecular formula is C8H10BrNO3. The quantitative estimate of drug-likeness (QED) is 0.711. The molecule has 0 amide bonds. The topological polar surface area (TPSA) is 61.7 Å². The van der Waals surface area contributed by atoms with Crippen molar-refractivity contribution in [3.05, 3.63) is 22.2 Å². The van der Waals surface area contributed by atoms with Crippen LogP contribution in [0.25, 0.3) is 0 Å². The minimum atomic E-state index is 0.0518. The summed E-state index contributed by atoms with van der Waals surface area (Å²) in [6.07, 6.45) is 0.